The molecule has 0 bridgehead atoms. The van der Waals surface area contributed by atoms with Gasteiger partial charge in [0.1, 0.15) is 11.6 Å². The first-order valence-electron chi connectivity index (χ1n) is 4.24. The molecule has 0 aromatic heterocycles. The number of hydrogen-bond donors (Lipinski definition) is 0. The highest BCUT2D eigenvalue weighted by molar-refractivity contribution is 7.98. The third-order valence-electron chi connectivity index (χ3n) is 1.74. The molecule has 0 unspecified atom stereocenters. The van der Waals surface area contributed by atoms with Crippen molar-refractivity contribution in [2.24, 2.45) is 0 Å². The molecule has 0 spiro atoms. The zero-order valence-electron chi connectivity index (χ0n) is 7.93. The lowest BCUT2D eigenvalue weighted by molar-refractivity contribution is 0.411. The predicted molar refractivity (Wildman–Crippen MR) is 59.8 cm³/mol. The van der Waals surface area contributed by atoms with E-state index in [2.05, 4.69) is 0 Å². The minimum Gasteiger partial charge on any atom is -0.497 e. The lowest BCUT2D eigenvalue weighted by Crippen LogP contribution is -1.91. The molecule has 0 aliphatic carbocycles. The topological polar surface area (TPSA) is 9.23 Å². The average molecular weight is 235 g/mol. The summed E-state index contributed by atoms with van der Waals surface area (Å²) in [7, 11) is 1.52. The minimum atomic E-state index is -0.216. The Morgan fingerprint density at radius 2 is 2.29 bits per heavy atom. The summed E-state index contributed by atoms with van der Waals surface area (Å²) in [6, 6.07) is 4.91. The molecule has 1 aromatic carbocycles. The number of alkyl halides is 1. The monoisotopic (exact) mass is 234 g/mol. The Kier molecular flexibility index (Phi) is 5.12. The third kappa shape index (κ3) is 3.39. The largest absolute Gasteiger partial charge is 0.497 e. The van der Waals surface area contributed by atoms with Crippen LogP contribution in [0.1, 0.15) is 5.56 Å². The van der Waals surface area contributed by atoms with Gasteiger partial charge in [-0.15, -0.1) is 11.6 Å². The summed E-state index contributed by atoms with van der Waals surface area (Å²) in [4.78, 5) is 0. The Bertz CT molecular complexity index is 293. The van der Waals surface area contributed by atoms with Crippen LogP contribution < -0.4 is 4.74 Å². The zero-order chi connectivity index (χ0) is 10.4. The average Bonchev–Trinajstić information content (AvgIpc) is 2.20. The molecule has 1 nitrogen and oxygen atoms in total. The lowest BCUT2D eigenvalue weighted by Gasteiger charge is -2.04. The lowest BCUT2D eigenvalue weighted by atomic mass is 10.2. The van der Waals surface area contributed by atoms with E-state index in [9.17, 15) is 4.39 Å². The molecule has 0 aliphatic rings. The Morgan fingerprint density at radius 1 is 1.50 bits per heavy atom. The maximum Gasteiger partial charge on any atom is 0.130 e. The number of benzene rings is 1. The van der Waals surface area contributed by atoms with E-state index in [1.165, 1.54) is 13.2 Å². The standard InChI is InChI=1S/C10H12ClFOS/c1-13-9-3-2-8(10(12)6-9)7-14-5-4-11/h2-3,6H,4-5,7H2,1H3. The SMILES string of the molecule is COc1ccc(CSCCCl)c(F)c1. The van der Waals surface area contributed by atoms with Gasteiger partial charge in [-0.05, 0) is 11.6 Å². The van der Waals surface area contributed by atoms with Crippen molar-refractivity contribution in [2.75, 3.05) is 18.7 Å². The van der Waals surface area contributed by atoms with Gasteiger partial charge in [-0.25, -0.2) is 4.39 Å². The van der Waals surface area contributed by atoms with Crippen LogP contribution in [0.15, 0.2) is 18.2 Å². The Morgan fingerprint density at radius 3 is 2.86 bits per heavy atom. The molecule has 0 aliphatic heterocycles. The van der Waals surface area contributed by atoms with Crippen LogP contribution in [0.4, 0.5) is 4.39 Å². The van der Waals surface area contributed by atoms with Crippen LogP contribution in [0.5, 0.6) is 5.75 Å². The van der Waals surface area contributed by atoms with Crippen molar-refractivity contribution < 1.29 is 9.13 Å². The molecule has 0 amide bonds. The molecule has 0 N–H and O–H groups in total. The van der Waals surface area contributed by atoms with Crippen LogP contribution in [-0.4, -0.2) is 18.7 Å². The fourth-order valence-corrected chi connectivity index (χ4v) is 2.04. The highest BCUT2D eigenvalue weighted by atomic mass is 35.5. The molecule has 14 heavy (non-hydrogen) atoms. The highest BCUT2D eigenvalue weighted by Crippen LogP contribution is 2.20. The van der Waals surface area contributed by atoms with Crippen molar-refractivity contribution >= 4 is 23.4 Å². The van der Waals surface area contributed by atoms with Crippen LogP contribution in [0, 0.1) is 5.82 Å². The fraction of sp³-hybridized carbons (Fsp3) is 0.400. The molecular formula is C10H12ClFOS. The molecule has 0 radical (unpaired) electrons. The number of methoxy groups -OCH3 is 1. The van der Waals surface area contributed by atoms with E-state index in [1.807, 2.05) is 0 Å². The van der Waals surface area contributed by atoms with Gasteiger partial charge in [0.05, 0.1) is 7.11 Å². The van der Waals surface area contributed by atoms with Crippen LogP contribution >= 0.6 is 23.4 Å². The van der Waals surface area contributed by atoms with Gasteiger partial charge in [-0.3, -0.25) is 0 Å². The van der Waals surface area contributed by atoms with Crippen LogP contribution in [0.3, 0.4) is 0 Å². The maximum absolute atomic E-state index is 13.3. The van der Waals surface area contributed by atoms with Crippen molar-refractivity contribution in [3.8, 4) is 5.75 Å². The van der Waals surface area contributed by atoms with E-state index in [0.717, 1.165) is 5.75 Å². The van der Waals surface area contributed by atoms with Crippen molar-refractivity contribution in [3.05, 3.63) is 29.6 Å². The zero-order valence-corrected chi connectivity index (χ0v) is 9.50. The second kappa shape index (κ2) is 6.14. The minimum absolute atomic E-state index is 0.216. The summed E-state index contributed by atoms with van der Waals surface area (Å²) in [5.74, 6) is 2.43. The number of halogens is 2. The normalized spacial score (nSPS) is 10.2. The summed E-state index contributed by atoms with van der Waals surface area (Å²) in [5, 5.41) is 0. The summed E-state index contributed by atoms with van der Waals surface area (Å²) in [6.45, 7) is 0. The second-order valence-electron chi connectivity index (χ2n) is 2.70. The molecule has 4 heteroatoms. The van der Waals surface area contributed by atoms with Gasteiger partial charge in [0.15, 0.2) is 0 Å². The summed E-state index contributed by atoms with van der Waals surface area (Å²) >= 11 is 7.14. The number of thioether (sulfide) groups is 1. The van der Waals surface area contributed by atoms with E-state index < -0.39 is 0 Å². The molecule has 0 fully saturated rings. The van der Waals surface area contributed by atoms with E-state index in [0.29, 0.717) is 22.9 Å². The van der Waals surface area contributed by atoms with Crippen molar-refractivity contribution in [1.29, 1.82) is 0 Å². The number of rotatable bonds is 5. The van der Waals surface area contributed by atoms with Gasteiger partial charge >= 0.3 is 0 Å². The number of ether oxygens (including phenoxy) is 1. The van der Waals surface area contributed by atoms with E-state index in [4.69, 9.17) is 16.3 Å². The Labute approximate surface area is 92.6 Å². The first-order chi connectivity index (χ1) is 6.77. The smallest absolute Gasteiger partial charge is 0.130 e. The maximum atomic E-state index is 13.3. The van der Waals surface area contributed by atoms with E-state index in [1.54, 1.807) is 23.9 Å². The number of hydrogen-bond acceptors (Lipinski definition) is 2. The van der Waals surface area contributed by atoms with Crippen LogP contribution in [0.2, 0.25) is 0 Å². The molecule has 0 heterocycles. The van der Waals surface area contributed by atoms with Crippen molar-refractivity contribution in [2.45, 2.75) is 5.75 Å². The molecule has 0 atom stereocenters. The van der Waals surface area contributed by atoms with E-state index in [-0.39, 0.29) is 5.82 Å². The summed E-state index contributed by atoms with van der Waals surface area (Å²) in [6.07, 6.45) is 0. The predicted octanol–water partition coefficient (Wildman–Crippen LogP) is 3.31. The quantitative estimate of drug-likeness (QED) is 0.571. The van der Waals surface area contributed by atoms with Crippen LogP contribution in [0.25, 0.3) is 0 Å². The second-order valence-corrected chi connectivity index (χ2v) is 4.18. The molecule has 0 saturated heterocycles. The van der Waals surface area contributed by atoms with Gasteiger partial charge in [0, 0.05) is 23.5 Å². The first kappa shape index (κ1) is 11.7. The van der Waals surface area contributed by atoms with Gasteiger partial charge in [0.2, 0.25) is 0 Å². The fourth-order valence-electron chi connectivity index (χ4n) is 1.01. The van der Waals surface area contributed by atoms with E-state index >= 15 is 0 Å². The first-order valence-corrected chi connectivity index (χ1v) is 5.93. The Hall–Kier alpha value is -0.410. The molecule has 1 aromatic rings. The molecule has 78 valence electrons. The van der Waals surface area contributed by atoms with Crippen molar-refractivity contribution in [3.63, 3.8) is 0 Å². The van der Waals surface area contributed by atoms with Gasteiger partial charge in [0.25, 0.3) is 0 Å². The Balaban J connectivity index is 2.59. The summed E-state index contributed by atoms with van der Waals surface area (Å²) < 4.78 is 18.2. The van der Waals surface area contributed by atoms with Crippen molar-refractivity contribution in [1.82, 2.24) is 0 Å². The molecular weight excluding hydrogens is 223 g/mol. The summed E-state index contributed by atoms with van der Waals surface area (Å²) in [5.41, 5.74) is 0.695. The van der Waals surface area contributed by atoms with Gasteiger partial charge < -0.3 is 4.74 Å². The van der Waals surface area contributed by atoms with Crippen LogP contribution in [-0.2, 0) is 5.75 Å². The van der Waals surface area contributed by atoms with Gasteiger partial charge in [-0.1, -0.05) is 6.07 Å². The molecule has 1 rings (SSSR count). The third-order valence-corrected chi connectivity index (χ3v) is 3.16. The van der Waals surface area contributed by atoms with Gasteiger partial charge in [-0.2, -0.15) is 11.8 Å². The highest BCUT2D eigenvalue weighted by Gasteiger charge is 2.03. The molecule has 0 saturated carbocycles.